The van der Waals surface area contributed by atoms with E-state index in [4.69, 9.17) is 0 Å². The average molecular weight is 779 g/mol. The van der Waals surface area contributed by atoms with Crippen molar-refractivity contribution in [3.05, 3.63) is 245 Å². The molecule has 2 aliphatic carbocycles. The van der Waals surface area contributed by atoms with Crippen LogP contribution in [0.1, 0.15) is 44.9 Å². The molecule has 0 N–H and O–H groups in total. The van der Waals surface area contributed by atoms with Crippen molar-refractivity contribution in [2.75, 3.05) is 0 Å². The van der Waals surface area contributed by atoms with Crippen LogP contribution >= 0.6 is 0 Å². The third-order valence-corrected chi connectivity index (χ3v) is 14.2. The average Bonchev–Trinajstić information content (AvgIpc) is 3.91. The van der Waals surface area contributed by atoms with Gasteiger partial charge in [-0.3, -0.25) is 0 Å². The van der Waals surface area contributed by atoms with Crippen LogP contribution in [0.2, 0.25) is 0 Å². The molecule has 61 heavy (non-hydrogen) atoms. The topological polar surface area (TPSA) is 9.86 Å². The van der Waals surface area contributed by atoms with Crippen LogP contribution in [0.25, 0.3) is 71.6 Å². The molecule has 0 radical (unpaired) electrons. The Labute approximate surface area is 355 Å². The van der Waals surface area contributed by atoms with Gasteiger partial charge < -0.3 is 9.13 Å². The van der Waals surface area contributed by atoms with Crippen molar-refractivity contribution in [3.8, 4) is 27.9 Å². The maximum Gasteiger partial charge on any atom is 0.0714 e. The minimum atomic E-state index is -0.539. The van der Waals surface area contributed by atoms with E-state index in [0.717, 1.165) is 12.8 Å². The Morgan fingerprint density at radius 3 is 1.77 bits per heavy atom. The maximum absolute atomic E-state index is 2.54. The Balaban J connectivity index is 1.02. The van der Waals surface area contributed by atoms with Gasteiger partial charge in [0.15, 0.2) is 0 Å². The first-order valence-corrected chi connectivity index (χ1v) is 21.6. The first kappa shape index (κ1) is 34.4. The van der Waals surface area contributed by atoms with E-state index in [-0.39, 0.29) is 0 Å². The lowest BCUT2D eigenvalue weighted by Gasteiger charge is -2.34. The molecule has 1 unspecified atom stereocenters. The number of hydrogen-bond acceptors (Lipinski definition) is 0. The Kier molecular flexibility index (Phi) is 7.36. The quantitative estimate of drug-likeness (QED) is 0.165. The SMILES string of the molecule is Cn1c2cc(CC3Cc4ccccc4-c4ccccc43)ccc2c2cc3c(cc21)-c1ccc(-n2c4ccccc4c4ccccc42)cc1C3(c1ccccc1)c1ccccc1. The third kappa shape index (κ3) is 4.85. The van der Waals surface area contributed by atoms with Crippen molar-refractivity contribution in [3.63, 3.8) is 0 Å². The van der Waals surface area contributed by atoms with Crippen LogP contribution in [0, 0.1) is 0 Å². The molecule has 0 saturated heterocycles. The predicted octanol–water partition coefficient (Wildman–Crippen LogP) is 14.3. The largest absolute Gasteiger partial charge is 0.344 e. The lowest BCUT2D eigenvalue weighted by Crippen LogP contribution is -2.28. The number of rotatable bonds is 5. The van der Waals surface area contributed by atoms with E-state index >= 15 is 0 Å². The number of nitrogens with zero attached hydrogens (tertiary/aromatic N) is 2. The molecular formula is C59H42N2. The fourth-order valence-electron chi connectivity index (χ4n) is 11.6. The molecule has 13 rings (SSSR count). The Morgan fingerprint density at radius 1 is 0.443 bits per heavy atom. The molecule has 2 aliphatic rings. The Hall–Kier alpha value is -7.42. The summed E-state index contributed by atoms with van der Waals surface area (Å²) in [5, 5.41) is 5.14. The van der Waals surface area contributed by atoms with Gasteiger partial charge in [-0.25, -0.2) is 0 Å². The van der Waals surface area contributed by atoms with E-state index in [2.05, 4.69) is 222 Å². The lowest BCUT2D eigenvalue weighted by molar-refractivity contribution is 0.673. The molecule has 0 amide bonds. The molecule has 288 valence electrons. The van der Waals surface area contributed by atoms with Gasteiger partial charge in [0.05, 0.1) is 16.4 Å². The van der Waals surface area contributed by atoms with Crippen LogP contribution < -0.4 is 0 Å². The van der Waals surface area contributed by atoms with Crippen molar-refractivity contribution in [2.24, 2.45) is 7.05 Å². The van der Waals surface area contributed by atoms with Crippen LogP contribution in [-0.4, -0.2) is 9.13 Å². The van der Waals surface area contributed by atoms with Crippen molar-refractivity contribution in [1.29, 1.82) is 0 Å². The number of para-hydroxylation sites is 2. The third-order valence-electron chi connectivity index (χ3n) is 14.2. The van der Waals surface area contributed by atoms with Gasteiger partial charge in [-0.2, -0.15) is 0 Å². The second-order valence-electron chi connectivity index (χ2n) is 17.3. The number of fused-ring (bicyclic) bond motifs is 12. The van der Waals surface area contributed by atoms with E-state index in [1.54, 1.807) is 0 Å². The summed E-state index contributed by atoms with van der Waals surface area (Å²) in [5.41, 5.74) is 20.5. The van der Waals surface area contributed by atoms with Crippen LogP contribution in [0.5, 0.6) is 0 Å². The normalized spacial score (nSPS) is 14.9. The van der Waals surface area contributed by atoms with Gasteiger partial charge in [0, 0.05) is 45.3 Å². The van der Waals surface area contributed by atoms with Crippen molar-refractivity contribution in [1.82, 2.24) is 9.13 Å². The molecule has 0 aliphatic heterocycles. The van der Waals surface area contributed by atoms with Gasteiger partial charge in [0.1, 0.15) is 0 Å². The highest BCUT2D eigenvalue weighted by Crippen LogP contribution is 2.58. The summed E-state index contributed by atoms with van der Waals surface area (Å²) in [6, 6.07) is 77.6. The minimum absolute atomic E-state index is 0.434. The number of aryl methyl sites for hydroxylation is 1. The van der Waals surface area contributed by atoms with Gasteiger partial charge in [0.2, 0.25) is 0 Å². The van der Waals surface area contributed by atoms with E-state index in [9.17, 15) is 0 Å². The Bertz CT molecular complexity index is 3460. The molecule has 0 bridgehead atoms. The summed E-state index contributed by atoms with van der Waals surface area (Å²) in [4.78, 5) is 0. The van der Waals surface area contributed by atoms with Gasteiger partial charge in [-0.05, 0) is 122 Å². The summed E-state index contributed by atoms with van der Waals surface area (Å²) in [6.07, 6.45) is 2.07. The summed E-state index contributed by atoms with van der Waals surface area (Å²) < 4.78 is 4.90. The number of hydrogen-bond donors (Lipinski definition) is 0. The summed E-state index contributed by atoms with van der Waals surface area (Å²) in [6.45, 7) is 0. The van der Waals surface area contributed by atoms with E-state index < -0.39 is 5.41 Å². The predicted molar refractivity (Wildman–Crippen MR) is 254 cm³/mol. The molecular weight excluding hydrogens is 737 g/mol. The van der Waals surface area contributed by atoms with Gasteiger partial charge in [0.25, 0.3) is 0 Å². The fraction of sp³-hybridized carbons (Fsp3) is 0.0847. The van der Waals surface area contributed by atoms with Crippen LogP contribution in [0.15, 0.2) is 206 Å². The van der Waals surface area contributed by atoms with Crippen LogP contribution in [0.4, 0.5) is 0 Å². The zero-order valence-electron chi connectivity index (χ0n) is 34.0. The molecule has 11 aromatic rings. The second kappa shape index (κ2) is 13.0. The van der Waals surface area contributed by atoms with Crippen LogP contribution in [0.3, 0.4) is 0 Å². The summed E-state index contributed by atoms with van der Waals surface area (Å²) in [7, 11) is 2.26. The highest BCUT2D eigenvalue weighted by atomic mass is 15.0. The molecule has 2 nitrogen and oxygen atoms in total. The standard InChI is InChI=1S/C59H42N2/c1-60-57-33-38(32-40-34-39-16-8-9-21-44(39)46-23-11-10-22-45(40)46)28-30-50(57)52-36-54-51(37-58(52)60)47-31-29-43(61-55-26-14-12-24-48(55)49-25-13-15-27-56(49)61)35-53(47)59(54,41-17-4-2-5-18-41)42-19-6-3-7-20-42/h2-31,33,35-37,40H,32,34H2,1H3. The molecule has 1 atom stereocenters. The van der Waals surface area contributed by atoms with Gasteiger partial charge in [-0.1, -0.05) is 164 Å². The highest BCUT2D eigenvalue weighted by molar-refractivity contribution is 6.12. The lowest BCUT2D eigenvalue weighted by atomic mass is 9.67. The van der Waals surface area contributed by atoms with Crippen molar-refractivity contribution in [2.45, 2.75) is 24.2 Å². The maximum atomic E-state index is 2.54. The zero-order valence-corrected chi connectivity index (χ0v) is 34.0. The second-order valence-corrected chi connectivity index (χ2v) is 17.3. The first-order valence-electron chi connectivity index (χ1n) is 21.6. The van der Waals surface area contributed by atoms with Gasteiger partial charge in [-0.15, -0.1) is 0 Å². The van der Waals surface area contributed by atoms with E-state index in [0.29, 0.717) is 5.92 Å². The summed E-state index contributed by atoms with van der Waals surface area (Å²) >= 11 is 0. The Morgan fingerprint density at radius 2 is 1.03 bits per heavy atom. The van der Waals surface area contributed by atoms with E-state index in [1.807, 2.05) is 0 Å². The molecule has 0 fully saturated rings. The van der Waals surface area contributed by atoms with Crippen LogP contribution in [-0.2, 0) is 25.3 Å². The summed E-state index contributed by atoms with van der Waals surface area (Å²) in [5.74, 6) is 0.434. The molecule has 2 heterocycles. The van der Waals surface area contributed by atoms with E-state index in [1.165, 1.54) is 110 Å². The fourth-order valence-corrected chi connectivity index (χ4v) is 11.6. The van der Waals surface area contributed by atoms with Crippen molar-refractivity contribution >= 4 is 43.6 Å². The number of benzene rings is 9. The van der Waals surface area contributed by atoms with Gasteiger partial charge >= 0.3 is 0 Å². The van der Waals surface area contributed by atoms with Crippen molar-refractivity contribution < 1.29 is 0 Å². The molecule has 0 spiro atoms. The molecule has 2 aromatic heterocycles. The molecule has 9 aromatic carbocycles. The smallest absolute Gasteiger partial charge is 0.0714 e. The monoisotopic (exact) mass is 778 g/mol. The first-order chi connectivity index (χ1) is 30.2. The molecule has 0 saturated carbocycles. The molecule has 2 heteroatoms. The zero-order chi connectivity index (χ0) is 40.2. The number of aromatic nitrogens is 2. The highest BCUT2D eigenvalue weighted by Gasteiger charge is 2.47. The minimum Gasteiger partial charge on any atom is -0.344 e.